The van der Waals surface area contributed by atoms with E-state index in [9.17, 15) is 0 Å². The standard InChI is InChI=1S/C7H8ClN4/c8-5-1-2-6-7(3-5)12(10)4-11(6)9/h1-4H,9-10H2/q+1. The lowest BCUT2D eigenvalue weighted by Crippen LogP contribution is -2.43. The van der Waals surface area contributed by atoms with Crippen LogP contribution in [0, 0.1) is 0 Å². The van der Waals surface area contributed by atoms with Gasteiger partial charge >= 0.3 is 0 Å². The van der Waals surface area contributed by atoms with Gasteiger partial charge in [0, 0.05) is 11.1 Å². The Labute approximate surface area is 73.9 Å². The third kappa shape index (κ3) is 0.887. The third-order valence-electron chi connectivity index (χ3n) is 1.74. The van der Waals surface area contributed by atoms with Crippen molar-refractivity contribution in [2.75, 3.05) is 11.7 Å². The molecule has 0 aliphatic carbocycles. The number of nitrogens with zero attached hydrogens (tertiary/aromatic N) is 2. The van der Waals surface area contributed by atoms with Crippen LogP contribution in [-0.2, 0) is 0 Å². The van der Waals surface area contributed by atoms with E-state index in [0.29, 0.717) is 5.02 Å². The molecule has 0 fully saturated rings. The van der Waals surface area contributed by atoms with Crippen molar-refractivity contribution in [3.05, 3.63) is 29.5 Å². The Morgan fingerprint density at radius 1 is 1.42 bits per heavy atom. The number of benzene rings is 1. The van der Waals surface area contributed by atoms with Crippen LogP contribution in [-0.4, -0.2) is 4.68 Å². The van der Waals surface area contributed by atoms with Crippen LogP contribution in [0.15, 0.2) is 24.5 Å². The Hall–Kier alpha value is -1.42. The fourth-order valence-electron chi connectivity index (χ4n) is 1.18. The molecule has 0 amide bonds. The lowest BCUT2D eigenvalue weighted by atomic mass is 10.3. The molecular weight excluding hydrogens is 176 g/mol. The van der Waals surface area contributed by atoms with Gasteiger partial charge in [-0.2, -0.15) is 0 Å². The van der Waals surface area contributed by atoms with Crippen molar-refractivity contribution in [2.24, 2.45) is 0 Å². The van der Waals surface area contributed by atoms with E-state index in [2.05, 4.69) is 0 Å². The Morgan fingerprint density at radius 3 is 2.92 bits per heavy atom. The Bertz CT molecular complexity index is 434. The lowest BCUT2D eigenvalue weighted by molar-refractivity contribution is -0.612. The highest BCUT2D eigenvalue weighted by atomic mass is 35.5. The molecule has 0 atom stereocenters. The first-order valence-corrected chi connectivity index (χ1v) is 3.78. The summed E-state index contributed by atoms with van der Waals surface area (Å²) in [4.78, 5) is 0. The Morgan fingerprint density at radius 2 is 2.17 bits per heavy atom. The zero-order valence-electron chi connectivity index (χ0n) is 6.24. The van der Waals surface area contributed by atoms with Gasteiger partial charge in [-0.25, -0.2) is 0 Å². The van der Waals surface area contributed by atoms with Crippen molar-refractivity contribution < 1.29 is 4.68 Å². The van der Waals surface area contributed by atoms with Crippen LogP contribution in [0.25, 0.3) is 11.0 Å². The van der Waals surface area contributed by atoms with Gasteiger partial charge in [0.15, 0.2) is 0 Å². The van der Waals surface area contributed by atoms with Gasteiger partial charge in [-0.05, 0) is 12.1 Å². The quantitative estimate of drug-likeness (QED) is 0.447. The number of rotatable bonds is 0. The van der Waals surface area contributed by atoms with Gasteiger partial charge in [0.2, 0.25) is 11.0 Å². The molecular formula is C7H8ClN4+. The Kier molecular flexibility index (Phi) is 1.38. The first-order valence-electron chi connectivity index (χ1n) is 3.41. The molecule has 0 bridgehead atoms. The molecule has 0 saturated carbocycles. The molecule has 0 radical (unpaired) electrons. The van der Waals surface area contributed by atoms with Gasteiger partial charge in [0.1, 0.15) is 0 Å². The van der Waals surface area contributed by atoms with Crippen LogP contribution in [0.4, 0.5) is 0 Å². The molecule has 62 valence electrons. The summed E-state index contributed by atoms with van der Waals surface area (Å²) >= 11 is 5.78. The molecule has 4 nitrogen and oxygen atoms in total. The van der Waals surface area contributed by atoms with Gasteiger partial charge in [-0.15, -0.1) is 9.35 Å². The predicted molar refractivity (Wildman–Crippen MR) is 47.4 cm³/mol. The fourth-order valence-corrected chi connectivity index (χ4v) is 1.35. The van der Waals surface area contributed by atoms with E-state index < -0.39 is 0 Å². The molecule has 12 heavy (non-hydrogen) atoms. The molecule has 0 spiro atoms. The summed E-state index contributed by atoms with van der Waals surface area (Å²) in [6.45, 7) is 0. The van der Waals surface area contributed by atoms with Crippen molar-refractivity contribution in [1.82, 2.24) is 4.68 Å². The van der Waals surface area contributed by atoms with Crippen LogP contribution < -0.4 is 16.4 Å². The van der Waals surface area contributed by atoms with E-state index in [1.54, 1.807) is 18.5 Å². The normalized spacial score (nSPS) is 10.8. The average Bonchev–Trinajstić information content (AvgIpc) is 2.28. The largest absolute Gasteiger partial charge is 0.291 e. The zero-order valence-corrected chi connectivity index (χ0v) is 6.99. The number of aromatic nitrogens is 2. The maximum atomic E-state index is 5.78. The van der Waals surface area contributed by atoms with Crippen LogP contribution in [0.1, 0.15) is 0 Å². The third-order valence-corrected chi connectivity index (χ3v) is 1.98. The maximum Gasteiger partial charge on any atom is 0.291 e. The molecule has 2 aromatic rings. The second-order valence-corrected chi connectivity index (χ2v) is 3.00. The summed E-state index contributed by atoms with van der Waals surface area (Å²) in [5.41, 5.74) is 1.66. The maximum absolute atomic E-state index is 5.78. The zero-order chi connectivity index (χ0) is 8.72. The molecule has 2 rings (SSSR count). The topological polar surface area (TPSA) is 60.8 Å². The average molecular weight is 184 g/mol. The summed E-state index contributed by atoms with van der Waals surface area (Å²) in [5, 5.41) is 0.646. The second-order valence-electron chi connectivity index (χ2n) is 2.56. The molecule has 4 N–H and O–H groups in total. The summed E-state index contributed by atoms with van der Waals surface area (Å²) in [6, 6.07) is 5.36. The van der Waals surface area contributed by atoms with Crippen molar-refractivity contribution in [1.29, 1.82) is 0 Å². The van der Waals surface area contributed by atoms with Crippen LogP contribution >= 0.6 is 11.6 Å². The summed E-state index contributed by atoms with van der Waals surface area (Å²) in [6.07, 6.45) is 1.58. The van der Waals surface area contributed by atoms with Gasteiger partial charge in [0.05, 0.1) is 0 Å². The first kappa shape index (κ1) is 7.24. The van der Waals surface area contributed by atoms with E-state index in [1.165, 1.54) is 9.35 Å². The van der Waals surface area contributed by atoms with Crippen LogP contribution in [0.3, 0.4) is 0 Å². The summed E-state index contributed by atoms with van der Waals surface area (Å²) in [7, 11) is 0. The minimum atomic E-state index is 0.646. The highest BCUT2D eigenvalue weighted by Crippen LogP contribution is 2.14. The predicted octanol–water partition coefficient (Wildman–Crippen LogP) is 0.00980. The summed E-state index contributed by atoms with van der Waals surface area (Å²) in [5.74, 6) is 11.2. The second kappa shape index (κ2) is 2.28. The van der Waals surface area contributed by atoms with E-state index in [1.807, 2.05) is 6.07 Å². The minimum absolute atomic E-state index is 0.646. The van der Waals surface area contributed by atoms with Gasteiger partial charge in [-0.1, -0.05) is 11.6 Å². The first-order chi connectivity index (χ1) is 5.68. The molecule has 0 aliphatic heterocycles. The molecule has 1 heterocycles. The number of halogens is 1. The van der Waals surface area contributed by atoms with Crippen LogP contribution in [0.5, 0.6) is 0 Å². The van der Waals surface area contributed by atoms with Crippen molar-refractivity contribution in [3.63, 3.8) is 0 Å². The van der Waals surface area contributed by atoms with E-state index in [4.69, 9.17) is 23.3 Å². The van der Waals surface area contributed by atoms with Crippen molar-refractivity contribution in [2.45, 2.75) is 0 Å². The SMILES string of the molecule is Nn1c[n+](N)c2ccc(Cl)cc21. The molecule has 5 heteroatoms. The monoisotopic (exact) mass is 183 g/mol. The van der Waals surface area contributed by atoms with E-state index in [0.717, 1.165) is 11.0 Å². The van der Waals surface area contributed by atoms with Crippen LogP contribution in [0.2, 0.25) is 5.02 Å². The molecule has 0 saturated heterocycles. The molecule has 0 unspecified atom stereocenters. The molecule has 1 aromatic heterocycles. The molecule has 0 aliphatic rings. The van der Waals surface area contributed by atoms with E-state index >= 15 is 0 Å². The summed E-state index contributed by atoms with van der Waals surface area (Å²) < 4.78 is 2.88. The van der Waals surface area contributed by atoms with Gasteiger partial charge in [0.25, 0.3) is 6.33 Å². The fraction of sp³-hybridized carbons (Fsp3) is 0. The number of imidazole rings is 1. The lowest BCUT2D eigenvalue weighted by Gasteiger charge is -1.87. The smallest absolute Gasteiger partial charge is 0.268 e. The van der Waals surface area contributed by atoms with Crippen molar-refractivity contribution >= 4 is 22.6 Å². The number of hydrogen-bond acceptors (Lipinski definition) is 2. The number of fused-ring (bicyclic) bond motifs is 1. The Balaban J connectivity index is 2.90. The number of nitrogen functional groups attached to an aromatic ring is 2. The highest BCUT2D eigenvalue weighted by Gasteiger charge is 2.11. The highest BCUT2D eigenvalue weighted by molar-refractivity contribution is 6.31. The van der Waals surface area contributed by atoms with Gasteiger partial charge in [-0.3, -0.25) is 11.7 Å². The molecule has 1 aromatic carbocycles. The van der Waals surface area contributed by atoms with Crippen molar-refractivity contribution in [3.8, 4) is 0 Å². The number of nitrogens with two attached hydrogens (primary N) is 2. The minimum Gasteiger partial charge on any atom is -0.268 e. The van der Waals surface area contributed by atoms with E-state index in [-0.39, 0.29) is 0 Å². The van der Waals surface area contributed by atoms with Gasteiger partial charge < -0.3 is 0 Å². The number of hydrogen-bond donors (Lipinski definition) is 2.